The zero-order chi connectivity index (χ0) is 22.7. The highest BCUT2D eigenvalue weighted by Gasteiger charge is 2.56. The van der Waals surface area contributed by atoms with Gasteiger partial charge in [0.25, 0.3) is 10.1 Å². The number of hydrogen-bond acceptors (Lipinski definition) is 8. The lowest BCUT2D eigenvalue weighted by Crippen LogP contribution is -2.33. The summed E-state index contributed by atoms with van der Waals surface area (Å²) in [5, 5.41) is 1.01. The van der Waals surface area contributed by atoms with E-state index in [2.05, 4.69) is 9.97 Å². The predicted octanol–water partition coefficient (Wildman–Crippen LogP) is 3.22. The fourth-order valence-corrected chi connectivity index (χ4v) is 5.20. The standard InChI is InChI=1S/C21H22ClN3O6S/c1-12-4-6-13(7-5-12)32(26,27)28-10-15-16-17(31-21(2,3)30-16)20(29-15)25-9-8-14-18(22)23-11-24-19(14)25/h4-9,11,15-17,20H,10H2,1-3H3/t15-,16-,17-,20-/m1/s1. The SMILES string of the molecule is Cc1ccc(S(=O)(=O)OC[C@H]2O[C@@H](n3ccc4c(Cl)ncnc43)[C@@H]3OC(C)(C)O[C@@H]32)cc1. The third kappa shape index (κ3) is 3.81. The van der Waals surface area contributed by atoms with E-state index in [1.807, 2.05) is 6.92 Å². The second kappa shape index (κ2) is 7.75. The summed E-state index contributed by atoms with van der Waals surface area (Å²) in [5.41, 5.74) is 1.53. The molecular formula is C21H22ClN3O6S. The van der Waals surface area contributed by atoms with Gasteiger partial charge in [0.15, 0.2) is 12.0 Å². The molecule has 4 atom stereocenters. The minimum absolute atomic E-state index is 0.0841. The van der Waals surface area contributed by atoms with E-state index in [1.54, 1.807) is 42.8 Å². The Labute approximate surface area is 190 Å². The van der Waals surface area contributed by atoms with E-state index in [-0.39, 0.29) is 11.5 Å². The van der Waals surface area contributed by atoms with Crippen LogP contribution in [-0.2, 0) is 28.5 Å². The van der Waals surface area contributed by atoms with Crippen molar-refractivity contribution in [2.75, 3.05) is 6.61 Å². The Hall–Kier alpha value is -2.08. The molecule has 2 aromatic heterocycles. The van der Waals surface area contributed by atoms with E-state index < -0.39 is 40.4 Å². The van der Waals surface area contributed by atoms with Crippen LogP contribution in [0.1, 0.15) is 25.6 Å². The smallest absolute Gasteiger partial charge is 0.297 e. The molecule has 1 aromatic carbocycles. The van der Waals surface area contributed by atoms with Crippen molar-refractivity contribution < 1.29 is 26.8 Å². The van der Waals surface area contributed by atoms with E-state index in [9.17, 15) is 8.42 Å². The number of ether oxygens (including phenoxy) is 3. The van der Waals surface area contributed by atoms with Gasteiger partial charge in [-0.3, -0.25) is 4.18 Å². The van der Waals surface area contributed by atoms with Crippen LogP contribution < -0.4 is 0 Å². The summed E-state index contributed by atoms with van der Waals surface area (Å²) in [5.74, 6) is -0.860. The molecule has 0 radical (unpaired) electrons. The molecule has 2 aliphatic heterocycles. The summed E-state index contributed by atoms with van der Waals surface area (Å²) in [7, 11) is -3.95. The molecule has 170 valence electrons. The Morgan fingerprint density at radius 1 is 1.12 bits per heavy atom. The Morgan fingerprint density at radius 3 is 2.59 bits per heavy atom. The summed E-state index contributed by atoms with van der Waals surface area (Å²) < 4.78 is 50.8. The van der Waals surface area contributed by atoms with Gasteiger partial charge in [0.05, 0.1) is 16.9 Å². The van der Waals surface area contributed by atoms with Crippen LogP contribution in [0.3, 0.4) is 0 Å². The van der Waals surface area contributed by atoms with Crippen LogP contribution in [0, 0.1) is 6.92 Å². The van der Waals surface area contributed by atoms with Crippen molar-refractivity contribution in [2.24, 2.45) is 0 Å². The molecule has 0 aliphatic carbocycles. The van der Waals surface area contributed by atoms with Crippen molar-refractivity contribution in [3.8, 4) is 0 Å². The van der Waals surface area contributed by atoms with E-state index in [0.717, 1.165) is 5.56 Å². The Kier molecular flexibility index (Phi) is 5.27. The number of benzene rings is 1. The van der Waals surface area contributed by atoms with Crippen molar-refractivity contribution in [3.63, 3.8) is 0 Å². The van der Waals surface area contributed by atoms with Gasteiger partial charge in [-0.2, -0.15) is 8.42 Å². The fourth-order valence-electron chi connectivity index (χ4n) is 4.09. The fraction of sp³-hybridized carbons (Fsp3) is 0.429. The maximum atomic E-state index is 12.7. The van der Waals surface area contributed by atoms with Crippen LogP contribution in [0.2, 0.25) is 5.15 Å². The second-order valence-electron chi connectivity index (χ2n) is 8.31. The molecule has 0 bridgehead atoms. The van der Waals surface area contributed by atoms with Crippen molar-refractivity contribution in [3.05, 3.63) is 53.6 Å². The first kappa shape index (κ1) is 21.7. The zero-order valence-electron chi connectivity index (χ0n) is 17.6. The van der Waals surface area contributed by atoms with Crippen LogP contribution in [0.5, 0.6) is 0 Å². The summed E-state index contributed by atoms with van der Waals surface area (Å²) >= 11 is 6.18. The number of hydrogen-bond donors (Lipinski definition) is 0. The Morgan fingerprint density at radius 2 is 1.84 bits per heavy atom. The number of nitrogens with zero attached hydrogens (tertiary/aromatic N) is 3. The number of aryl methyl sites for hydroxylation is 1. The molecule has 2 saturated heterocycles. The van der Waals surface area contributed by atoms with E-state index in [1.165, 1.54) is 18.5 Å². The molecule has 2 aliphatic rings. The van der Waals surface area contributed by atoms with Crippen molar-refractivity contribution >= 4 is 32.8 Å². The second-order valence-corrected chi connectivity index (χ2v) is 10.3. The largest absolute Gasteiger partial charge is 0.347 e. The van der Waals surface area contributed by atoms with Crippen molar-refractivity contribution in [1.29, 1.82) is 0 Å². The molecule has 11 heteroatoms. The monoisotopic (exact) mass is 479 g/mol. The summed E-state index contributed by atoms with van der Waals surface area (Å²) in [6.45, 7) is 5.26. The first-order valence-electron chi connectivity index (χ1n) is 10.1. The molecule has 0 N–H and O–H groups in total. The summed E-state index contributed by atoms with van der Waals surface area (Å²) in [6.07, 6.45) is 0.845. The molecular weight excluding hydrogens is 458 g/mol. The number of rotatable bonds is 5. The molecule has 0 unspecified atom stereocenters. The van der Waals surface area contributed by atoms with Crippen molar-refractivity contribution in [2.45, 2.75) is 56.0 Å². The summed E-state index contributed by atoms with van der Waals surface area (Å²) in [6, 6.07) is 8.26. The zero-order valence-corrected chi connectivity index (χ0v) is 19.2. The molecule has 0 amide bonds. The lowest BCUT2D eigenvalue weighted by Gasteiger charge is -2.25. The highest BCUT2D eigenvalue weighted by molar-refractivity contribution is 7.86. The van der Waals surface area contributed by atoms with Gasteiger partial charge >= 0.3 is 0 Å². The van der Waals surface area contributed by atoms with Gasteiger partial charge in [-0.1, -0.05) is 29.3 Å². The number of fused-ring (bicyclic) bond motifs is 2. The average Bonchev–Trinajstić information content (AvgIpc) is 3.38. The van der Waals surface area contributed by atoms with Crippen LogP contribution in [0.25, 0.3) is 11.0 Å². The molecule has 9 nitrogen and oxygen atoms in total. The maximum Gasteiger partial charge on any atom is 0.297 e. The van der Waals surface area contributed by atoms with E-state index in [0.29, 0.717) is 16.2 Å². The minimum atomic E-state index is -3.95. The van der Waals surface area contributed by atoms with Crippen LogP contribution in [0.15, 0.2) is 47.8 Å². The van der Waals surface area contributed by atoms with Crippen LogP contribution >= 0.6 is 11.6 Å². The first-order valence-corrected chi connectivity index (χ1v) is 11.9. The number of halogens is 1. The molecule has 4 heterocycles. The highest BCUT2D eigenvalue weighted by Crippen LogP contribution is 2.44. The average molecular weight is 480 g/mol. The first-order chi connectivity index (χ1) is 15.1. The van der Waals surface area contributed by atoms with Crippen LogP contribution in [-0.4, -0.2) is 53.7 Å². The minimum Gasteiger partial charge on any atom is -0.347 e. The maximum absolute atomic E-state index is 12.7. The van der Waals surface area contributed by atoms with E-state index in [4.69, 9.17) is 30.0 Å². The summed E-state index contributed by atoms with van der Waals surface area (Å²) in [4.78, 5) is 8.40. The van der Waals surface area contributed by atoms with Gasteiger partial charge < -0.3 is 18.8 Å². The van der Waals surface area contributed by atoms with Gasteiger partial charge in [-0.15, -0.1) is 0 Å². The number of aromatic nitrogens is 3. The molecule has 32 heavy (non-hydrogen) atoms. The predicted molar refractivity (Wildman–Crippen MR) is 115 cm³/mol. The third-order valence-corrected chi connectivity index (χ3v) is 7.15. The topological polar surface area (TPSA) is 102 Å². The van der Waals surface area contributed by atoms with Gasteiger partial charge in [-0.05, 0) is 39.0 Å². The van der Waals surface area contributed by atoms with Gasteiger partial charge in [0.2, 0.25) is 0 Å². The normalized spacial score (nSPS) is 27.1. The van der Waals surface area contributed by atoms with E-state index >= 15 is 0 Å². The molecule has 0 spiro atoms. The van der Waals surface area contributed by atoms with Crippen LogP contribution in [0.4, 0.5) is 0 Å². The highest BCUT2D eigenvalue weighted by atomic mass is 35.5. The molecule has 2 fully saturated rings. The third-order valence-electron chi connectivity index (χ3n) is 5.56. The lowest BCUT2D eigenvalue weighted by atomic mass is 10.1. The molecule has 3 aromatic rings. The Balaban J connectivity index is 1.41. The lowest BCUT2D eigenvalue weighted by molar-refractivity contribution is -0.198. The molecule has 0 saturated carbocycles. The van der Waals surface area contributed by atoms with Gasteiger partial charge in [0, 0.05) is 6.20 Å². The molecule has 5 rings (SSSR count). The van der Waals surface area contributed by atoms with Gasteiger partial charge in [-0.25, -0.2) is 9.97 Å². The van der Waals surface area contributed by atoms with Gasteiger partial charge in [0.1, 0.15) is 35.4 Å². The van der Waals surface area contributed by atoms with Crippen molar-refractivity contribution in [1.82, 2.24) is 14.5 Å². The Bertz CT molecular complexity index is 1260. The quantitative estimate of drug-likeness (QED) is 0.406.